The maximum atomic E-state index is 8.88. The highest BCUT2D eigenvalue weighted by Crippen LogP contribution is 2.26. The summed E-state index contributed by atoms with van der Waals surface area (Å²) in [6.45, 7) is 0.603. The number of rotatable bonds is 0. The van der Waals surface area contributed by atoms with Crippen LogP contribution in [0.2, 0.25) is 0 Å². The third kappa shape index (κ3) is 14.8. The lowest BCUT2D eigenvalue weighted by atomic mass is 10.4. The minimum Gasteiger partial charge on any atom is -0.349 e. The standard InChI is InChI=1S/C6H6N4.2H3O4P/c1-2-9-6-5(8-1)3-7-4-10-6;2*1-5(2,3)4/h1-3H,4H2,(H,9,10);2*(H3,1,2,3,4). The van der Waals surface area contributed by atoms with E-state index in [4.69, 9.17) is 38.5 Å². The van der Waals surface area contributed by atoms with Crippen molar-refractivity contribution in [3.63, 3.8) is 0 Å². The third-order valence-corrected chi connectivity index (χ3v) is 1.28. The van der Waals surface area contributed by atoms with Gasteiger partial charge in [0.15, 0.2) is 5.82 Å². The molecule has 0 saturated carbocycles. The number of phosphoric acid groups is 2. The Labute approximate surface area is 112 Å². The Balaban J connectivity index is 0.000000310. The number of aliphatic imine (C=N–C) groups is 1. The van der Waals surface area contributed by atoms with Crippen molar-refractivity contribution in [1.82, 2.24) is 9.97 Å². The molecule has 1 aromatic heterocycles. The van der Waals surface area contributed by atoms with Crippen LogP contribution >= 0.6 is 15.6 Å². The van der Waals surface area contributed by atoms with E-state index in [1.165, 1.54) is 0 Å². The molecule has 12 nitrogen and oxygen atoms in total. The molecule has 0 atom stereocenters. The van der Waals surface area contributed by atoms with Gasteiger partial charge in [0.1, 0.15) is 12.4 Å². The largest absolute Gasteiger partial charge is 0.466 e. The Morgan fingerprint density at radius 1 is 0.950 bits per heavy atom. The van der Waals surface area contributed by atoms with Gasteiger partial charge in [0.25, 0.3) is 0 Å². The van der Waals surface area contributed by atoms with E-state index in [1.807, 2.05) is 0 Å². The van der Waals surface area contributed by atoms with Gasteiger partial charge in [0.2, 0.25) is 0 Å². The average Bonchev–Trinajstić information content (AvgIpc) is 2.25. The molecule has 2 rings (SSSR count). The fraction of sp³-hybridized carbons (Fsp3) is 0.167. The van der Waals surface area contributed by atoms with Gasteiger partial charge in [0, 0.05) is 12.4 Å². The monoisotopic (exact) mass is 330 g/mol. The molecule has 2 heterocycles. The molecule has 0 unspecified atom stereocenters. The molecule has 7 N–H and O–H groups in total. The molecule has 0 saturated heterocycles. The molecule has 0 radical (unpaired) electrons. The quantitative estimate of drug-likeness (QED) is 0.270. The van der Waals surface area contributed by atoms with E-state index in [0.29, 0.717) is 6.67 Å². The van der Waals surface area contributed by atoms with E-state index < -0.39 is 15.6 Å². The van der Waals surface area contributed by atoms with Gasteiger partial charge in [-0.05, 0) is 0 Å². The van der Waals surface area contributed by atoms with Crippen molar-refractivity contribution in [2.75, 3.05) is 12.0 Å². The molecular weight excluding hydrogens is 318 g/mol. The molecule has 114 valence electrons. The smallest absolute Gasteiger partial charge is 0.349 e. The van der Waals surface area contributed by atoms with E-state index in [1.54, 1.807) is 18.6 Å². The molecule has 0 aliphatic carbocycles. The number of anilines is 1. The number of fused-ring (bicyclic) bond motifs is 1. The van der Waals surface area contributed by atoms with Crippen LogP contribution in [-0.2, 0) is 9.13 Å². The van der Waals surface area contributed by atoms with E-state index >= 15 is 0 Å². The van der Waals surface area contributed by atoms with Gasteiger partial charge in [-0.2, -0.15) is 0 Å². The lowest BCUT2D eigenvalue weighted by Gasteiger charge is -2.07. The van der Waals surface area contributed by atoms with Crippen LogP contribution in [0.1, 0.15) is 5.69 Å². The van der Waals surface area contributed by atoms with Gasteiger partial charge in [-0.15, -0.1) is 0 Å². The Kier molecular flexibility index (Phi) is 7.64. The second kappa shape index (κ2) is 8.15. The maximum Gasteiger partial charge on any atom is 0.466 e. The van der Waals surface area contributed by atoms with E-state index in [2.05, 4.69) is 20.3 Å². The Morgan fingerprint density at radius 3 is 1.85 bits per heavy atom. The van der Waals surface area contributed by atoms with Crippen LogP contribution in [-0.4, -0.2) is 52.2 Å². The van der Waals surface area contributed by atoms with Crippen molar-refractivity contribution in [2.24, 2.45) is 4.99 Å². The summed E-state index contributed by atoms with van der Waals surface area (Å²) in [6.07, 6.45) is 5.03. The second-order valence-corrected chi connectivity index (χ2v) is 5.02. The first-order chi connectivity index (χ1) is 8.97. The normalized spacial score (nSPS) is 12.9. The van der Waals surface area contributed by atoms with Crippen LogP contribution in [0.5, 0.6) is 0 Å². The van der Waals surface area contributed by atoms with Crippen LogP contribution in [0.3, 0.4) is 0 Å². The summed E-state index contributed by atoms with van der Waals surface area (Å²) < 4.78 is 17.8. The molecule has 0 spiro atoms. The number of nitrogens with zero attached hydrogens (tertiary/aromatic N) is 3. The van der Waals surface area contributed by atoms with Crippen molar-refractivity contribution in [3.05, 3.63) is 18.1 Å². The molecule has 1 aliphatic rings. The van der Waals surface area contributed by atoms with Gasteiger partial charge in [-0.25, -0.2) is 19.1 Å². The zero-order valence-corrected chi connectivity index (χ0v) is 11.5. The van der Waals surface area contributed by atoms with Crippen molar-refractivity contribution in [3.8, 4) is 0 Å². The Bertz CT molecular complexity index is 503. The molecule has 0 aromatic carbocycles. The predicted molar refractivity (Wildman–Crippen MR) is 66.6 cm³/mol. The van der Waals surface area contributed by atoms with E-state index in [0.717, 1.165) is 11.5 Å². The molecule has 0 amide bonds. The first-order valence-corrected chi connectivity index (χ1v) is 7.71. The molecular formula is C6H12N4O8P2. The first-order valence-electron chi connectivity index (χ1n) is 4.58. The summed E-state index contributed by atoms with van der Waals surface area (Å²) in [5, 5.41) is 2.99. The number of aromatic nitrogens is 2. The predicted octanol–water partition coefficient (Wildman–Crippen LogP) is -1.58. The highest BCUT2D eigenvalue weighted by molar-refractivity contribution is 7.45. The van der Waals surface area contributed by atoms with Crippen molar-refractivity contribution in [1.29, 1.82) is 0 Å². The molecule has 20 heavy (non-hydrogen) atoms. The lowest BCUT2D eigenvalue weighted by Crippen LogP contribution is -2.10. The van der Waals surface area contributed by atoms with Crippen LogP contribution in [0, 0.1) is 0 Å². The minimum atomic E-state index is -4.64. The Morgan fingerprint density at radius 2 is 1.40 bits per heavy atom. The zero-order chi connectivity index (χ0) is 15.8. The van der Waals surface area contributed by atoms with Gasteiger partial charge >= 0.3 is 15.6 Å². The van der Waals surface area contributed by atoms with Crippen LogP contribution in [0.15, 0.2) is 17.4 Å². The Hall–Kier alpha value is -1.23. The fourth-order valence-corrected chi connectivity index (χ4v) is 0.832. The minimum absolute atomic E-state index is 0.603. The summed E-state index contributed by atoms with van der Waals surface area (Å²) in [5.74, 6) is 0.817. The average molecular weight is 330 g/mol. The van der Waals surface area contributed by atoms with Gasteiger partial charge in [-0.3, -0.25) is 4.99 Å². The first kappa shape index (κ1) is 18.8. The van der Waals surface area contributed by atoms with E-state index in [-0.39, 0.29) is 0 Å². The van der Waals surface area contributed by atoms with Gasteiger partial charge in [0.05, 0.1) is 6.21 Å². The van der Waals surface area contributed by atoms with E-state index in [9.17, 15) is 0 Å². The molecule has 0 bridgehead atoms. The van der Waals surface area contributed by atoms with Crippen LogP contribution in [0.4, 0.5) is 5.82 Å². The van der Waals surface area contributed by atoms with Crippen LogP contribution in [0.25, 0.3) is 0 Å². The molecule has 0 fully saturated rings. The number of hydrogen-bond acceptors (Lipinski definition) is 6. The van der Waals surface area contributed by atoms with Gasteiger partial charge in [-0.1, -0.05) is 0 Å². The highest BCUT2D eigenvalue weighted by Gasteiger charge is 2.03. The van der Waals surface area contributed by atoms with Crippen molar-refractivity contribution in [2.45, 2.75) is 0 Å². The summed E-state index contributed by atoms with van der Waals surface area (Å²) >= 11 is 0. The highest BCUT2D eigenvalue weighted by atomic mass is 31.2. The van der Waals surface area contributed by atoms with Crippen LogP contribution < -0.4 is 5.32 Å². The number of nitrogens with one attached hydrogen (secondary N) is 1. The summed E-state index contributed by atoms with van der Waals surface area (Å²) in [6, 6.07) is 0. The lowest BCUT2D eigenvalue weighted by molar-refractivity contribution is 0.272. The maximum absolute atomic E-state index is 8.88. The zero-order valence-electron chi connectivity index (χ0n) is 9.68. The second-order valence-electron chi connectivity index (χ2n) is 2.96. The third-order valence-electron chi connectivity index (χ3n) is 1.28. The molecule has 14 heteroatoms. The summed E-state index contributed by atoms with van der Waals surface area (Å²) in [4.78, 5) is 55.2. The summed E-state index contributed by atoms with van der Waals surface area (Å²) in [5.41, 5.74) is 0.814. The summed E-state index contributed by atoms with van der Waals surface area (Å²) in [7, 11) is -9.28. The topological polar surface area (TPSA) is 206 Å². The van der Waals surface area contributed by atoms with Crippen molar-refractivity contribution < 1.29 is 38.5 Å². The van der Waals surface area contributed by atoms with Crippen molar-refractivity contribution >= 4 is 27.7 Å². The van der Waals surface area contributed by atoms with Gasteiger partial charge < -0.3 is 34.7 Å². The molecule has 1 aromatic rings. The fourth-order valence-electron chi connectivity index (χ4n) is 0.832. The number of hydrogen-bond donors (Lipinski definition) is 7. The molecule has 1 aliphatic heterocycles. The SMILES string of the molecule is C1=NCNc2nccnc21.O=P(O)(O)O.O=P(O)(O)O.